The third-order valence-electron chi connectivity index (χ3n) is 3.34. The first-order chi connectivity index (χ1) is 11.6. The molecule has 1 aromatic rings. The Balaban J connectivity index is 2.55. The van der Waals surface area contributed by atoms with E-state index in [2.05, 4.69) is 28.6 Å². The minimum absolute atomic E-state index is 0.205. The summed E-state index contributed by atoms with van der Waals surface area (Å²) in [7, 11) is 3.45. The van der Waals surface area contributed by atoms with E-state index in [1.807, 2.05) is 26.0 Å². The van der Waals surface area contributed by atoms with Crippen LogP contribution >= 0.6 is 0 Å². The zero-order valence-corrected chi connectivity index (χ0v) is 15.5. The lowest BCUT2D eigenvalue weighted by Crippen LogP contribution is -2.44. The number of ether oxygens (including phenoxy) is 3. The van der Waals surface area contributed by atoms with E-state index >= 15 is 0 Å². The quantitative estimate of drug-likeness (QED) is 0.506. The van der Waals surface area contributed by atoms with Crippen LogP contribution in [0.15, 0.2) is 23.2 Å². The molecule has 1 unspecified atom stereocenters. The number of rotatable bonds is 10. The Bertz CT molecular complexity index is 506. The Morgan fingerprint density at radius 1 is 1.17 bits per heavy atom. The molecule has 0 saturated heterocycles. The van der Waals surface area contributed by atoms with E-state index in [1.54, 1.807) is 14.2 Å². The minimum Gasteiger partial charge on any atom is -0.490 e. The summed E-state index contributed by atoms with van der Waals surface area (Å²) >= 11 is 0. The summed E-state index contributed by atoms with van der Waals surface area (Å²) in [5.74, 6) is 2.37. The summed E-state index contributed by atoms with van der Waals surface area (Å²) in [6.07, 6.45) is 0.867. The molecule has 0 aliphatic rings. The molecule has 0 spiro atoms. The number of methoxy groups -OCH3 is 1. The van der Waals surface area contributed by atoms with Crippen molar-refractivity contribution in [3.63, 3.8) is 0 Å². The molecule has 0 bridgehead atoms. The van der Waals surface area contributed by atoms with Gasteiger partial charge in [0.1, 0.15) is 0 Å². The van der Waals surface area contributed by atoms with E-state index in [4.69, 9.17) is 14.2 Å². The van der Waals surface area contributed by atoms with Crippen LogP contribution in [-0.2, 0) is 11.2 Å². The lowest BCUT2D eigenvalue weighted by molar-refractivity contribution is 0.179. The highest BCUT2D eigenvalue weighted by atomic mass is 16.5. The van der Waals surface area contributed by atoms with E-state index in [1.165, 1.54) is 5.56 Å². The van der Waals surface area contributed by atoms with Crippen LogP contribution in [0.4, 0.5) is 0 Å². The van der Waals surface area contributed by atoms with Crippen molar-refractivity contribution < 1.29 is 14.2 Å². The van der Waals surface area contributed by atoms with Crippen LogP contribution in [-0.4, -0.2) is 52.5 Å². The first-order valence-electron chi connectivity index (χ1n) is 8.49. The Hall–Kier alpha value is -1.95. The van der Waals surface area contributed by atoms with Gasteiger partial charge in [-0.3, -0.25) is 4.99 Å². The van der Waals surface area contributed by atoms with Crippen LogP contribution in [0.3, 0.4) is 0 Å². The van der Waals surface area contributed by atoms with E-state index in [0.717, 1.165) is 30.4 Å². The fourth-order valence-corrected chi connectivity index (χ4v) is 2.30. The van der Waals surface area contributed by atoms with Gasteiger partial charge in [0.05, 0.1) is 19.8 Å². The normalized spacial score (nSPS) is 12.6. The molecule has 2 N–H and O–H groups in total. The van der Waals surface area contributed by atoms with Crippen LogP contribution in [0.5, 0.6) is 11.5 Å². The maximum absolute atomic E-state index is 5.66. The van der Waals surface area contributed by atoms with Crippen LogP contribution in [0.1, 0.15) is 26.3 Å². The minimum atomic E-state index is 0.205. The number of aliphatic imine (C=N–C) groups is 1. The van der Waals surface area contributed by atoms with Crippen LogP contribution in [0, 0.1) is 0 Å². The Morgan fingerprint density at radius 2 is 1.88 bits per heavy atom. The predicted octanol–water partition coefficient (Wildman–Crippen LogP) is 2.23. The second-order valence-corrected chi connectivity index (χ2v) is 5.40. The largest absolute Gasteiger partial charge is 0.490 e. The molecule has 0 amide bonds. The average Bonchev–Trinajstić information content (AvgIpc) is 2.56. The summed E-state index contributed by atoms with van der Waals surface area (Å²) in [5.41, 5.74) is 1.19. The third-order valence-corrected chi connectivity index (χ3v) is 3.34. The molecule has 0 aliphatic heterocycles. The summed E-state index contributed by atoms with van der Waals surface area (Å²) < 4.78 is 16.4. The van der Waals surface area contributed by atoms with Crippen molar-refractivity contribution in [1.29, 1.82) is 0 Å². The number of nitrogens with zero attached hydrogens (tertiary/aromatic N) is 1. The fourth-order valence-electron chi connectivity index (χ4n) is 2.30. The molecule has 0 saturated carbocycles. The molecule has 24 heavy (non-hydrogen) atoms. The molecule has 0 heterocycles. The van der Waals surface area contributed by atoms with Crippen molar-refractivity contribution in [3.8, 4) is 11.5 Å². The van der Waals surface area contributed by atoms with Crippen molar-refractivity contribution in [2.45, 2.75) is 33.2 Å². The second-order valence-electron chi connectivity index (χ2n) is 5.40. The van der Waals surface area contributed by atoms with Gasteiger partial charge >= 0.3 is 0 Å². The van der Waals surface area contributed by atoms with Crippen LogP contribution in [0.2, 0.25) is 0 Å². The fraction of sp³-hybridized carbons (Fsp3) is 0.611. The lowest BCUT2D eigenvalue weighted by Gasteiger charge is -2.17. The number of benzene rings is 1. The number of hydrogen-bond donors (Lipinski definition) is 2. The first kappa shape index (κ1) is 20.1. The van der Waals surface area contributed by atoms with Crippen molar-refractivity contribution in [3.05, 3.63) is 23.8 Å². The molecule has 1 rings (SSSR count). The van der Waals surface area contributed by atoms with Crippen molar-refractivity contribution in [1.82, 2.24) is 10.6 Å². The van der Waals surface area contributed by atoms with Gasteiger partial charge in [0.25, 0.3) is 0 Å². The van der Waals surface area contributed by atoms with Gasteiger partial charge in [0.15, 0.2) is 17.5 Å². The highest BCUT2D eigenvalue weighted by Crippen LogP contribution is 2.28. The highest BCUT2D eigenvalue weighted by molar-refractivity contribution is 5.79. The third kappa shape index (κ3) is 7.08. The molecule has 136 valence electrons. The Morgan fingerprint density at radius 3 is 2.50 bits per heavy atom. The predicted molar refractivity (Wildman–Crippen MR) is 98.3 cm³/mol. The zero-order valence-electron chi connectivity index (χ0n) is 15.5. The van der Waals surface area contributed by atoms with Crippen molar-refractivity contribution in [2.24, 2.45) is 4.99 Å². The van der Waals surface area contributed by atoms with Gasteiger partial charge in [-0.15, -0.1) is 0 Å². The Kier molecular flexibility index (Phi) is 9.68. The molecule has 0 aromatic heterocycles. The van der Waals surface area contributed by atoms with Crippen LogP contribution < -0.4 is 20.1 Å². The molecule has 1 aromatic carbocycles. The molecular weight excluding hydrogens is 306 g/mol. The number of hydrogen-bond acceptors (Lipinski definition) is 4. The van der Waals surface area contributed by atoms with Crippen molar-refractivity contribution in [2.75, 3.05) is 40.5 Å². The van der Waals surface area contributed by atoms with E-state index in [9.17, 15) is 0 Å². The summed E-state index contributed by atoms with van der Waals surface area (Å²) in [4.78, 5) is 4.22. The summed E-state index contributed by atoms with van der Waals surface area (Å²) in [6, 6.07) is 6.28. The van der Waals surface area contributed by atoms with Gasteiger partial charge in [-0.1, -0.05) is 6.07 Å². The molecule has 0 aliphatic carbocycles. The van der Waals surface area contributed by atoms with Crippen molar-refractivity contribution >= 4 is 5.96 Å². The monoisotopic (exact) mass is 337 g/mol. The summed E-state index contributed by atoms with van der Waals surface area (Å²) in [6.45, 7) is 8.66. The first-order valence-corrected chi connectivity index (χ1v) is 8.49. The molecule has 1 atom stereocenters. The zero-order chi connectivity index (χ0) is 17.8. The van der Waals surface area contributed by atoms with Gasteiger partial charge < -0.3 is 24.8 Å². The standard InChI is InChI=1S/C18H31N3O3/c1-6-23-16-9-8-15(12-17(16)24-7-2)10-11-20-18(19-4)21-14(3)13-22-5/h8-9,12,14H,6-7,10-11,13H2,1-5H3,(H2,19,20,21). The lowest BCUT2D eigenvalue weighted by atomic mass is 10.1. The molecule has 0 radical (unpaired) electrons. The van der Waals surface area contributed by atoms with E-state index in [0.29, 0.717) is 19.8 Å². The van der Waals surface area contributed by atoms with E-state index in [-0.39, 0.29) is 6.04 Å². The average molecular weight is 337 g/mol. The van der Waals surface area contributed by atoms with Crippen LogP contribution in [0.25, 0.3) is 0 Å². The number of guanidine groups is 1. The maximum atomic E-state index is 5.66. The van der Waals surface area contributed by atoms with Gasteiger partial charge in [0, 0.05) is 26.7 Å². The van der Waals surface area contributed by atoms with Gasteiger partial charge in [-0.05, 0) is 44.9 Å². The molecule has 6 heteroatoms. The second kappa shape index (κ2) is 11.6. The smallest absolute Gasteiger partial charge is 0.191 e. The van der Waals surface area contributed by atoms with Gasteiger partial charge in [-0.25, -0.2) is 0 Å². The SMILES string of the molecule is CCOc1ccc(CCNC(=NC)NC(C)COC)cc1OCC. The molecule has 0 fully saturated rings. The molecular formula is C18H31N3O3. The maximum Gasteiger partial charge on any atom is 0.191 e. The van der Waals surface area contributed by atoms with E-state index < -0.39 is 0 Å². The van der Waals surface area contributed by atoms with Gasteiger partial charge in [-0.2, -0.15) is 0 Å². The summed E-state index contributed by atoms with van der Waals surface area (Å²) in [5, 5.41) is 6.59. The highest BCUT2D eigenvalue weighted by Gasteiger charge is 2.07. The van der Waals surface area contributed by atoms with Gasteiger partial charge in [0.2, 0.25) is 0 Å². The topological polar surface area (TPSA) is 64.1 Å². The molecule has 6 nitrogen and oxygen atoms in total. The number of nitrogens with one attached hydrogen (secondary N) is 2. The Labute approximate surface area is 145 Å².